The highest BCUT2D eigenvalue weighted by atomic mass is 19.4. The lowest BCUT2D eigenvalue weighted by atomic mass is 10.4. The van der Waals surface area contributed by atoms with Gasteiger partial charge >= 0.3 is 12.2 Å². The maximum Gasteiger partial charge on any atom is 0.392 e. The van der Waals surface area contributed by atoms with Gasteiger partial charge in [-0.2, -0.15) is 13.2 Å². The predicted molar refractivity (Wildman–Crippen MR) is 43.6 cm³/mol. The van der Waals surface area contributed by atoms with Crippen molar-refractivity contribution in [2.24, 2.45) is 0 Å². The Bertz CT molecular complexity index is 324. The molecule has 4 nitrogen and oxygen atoms in total. The molecule has 15 heavy (non-hydrogen) atoms. The number of nitrogens with zero attached hydrogens (tertiary/aromatic N) is 2. The first kappa shape index (κ1) is 11.4. The van der Waals surface area contributed by atoms with Crippen LogP contribution in [-0.4, -0.2) is 29.0 Å². The summed E-state index contributed by atoms with van der Waals surface area (Å²) in [5, 5.41) is 0. The zero-order chi connectivity index (χ0) is 11.3. The van der Waals surface area contributed by atoms with Crippen LogP contribution in [0.4, 0.5) is 13.2 Å². The number of aromatic nitrogens is 2. The van der Waals surface area contributed by atoms with Crippen molar-refractivity contribution in [1.29, 1.82) is 0 Å². The van der Waals surface area contributed by atoms with Gasteiger partial charge in [0.15, 0.2) is 6.29 Å². The number of halogens is 3. The third-order valence-corrected chi connectivity index (χ3v) is 1.40. The first-order chi connectivity index (χ1) is 7.01. The van der Waals surface area contributed by atoms with Gasteiger partial charge in [0, 0.05) is 12.4 Å². The van der Waals surface area contributed by atoms with E-state index in [9.17, 15) is 18.0 Å². The molecule has 1 rings (SSSR count). The summed E-state index contributed by atoms with van der Waals surface area (Å²) in [6, 6.07) is -0.176. The van der Waals surface area contributed by atoms with E-state index in [4.69, 9.17) is 0 Å². The first-order valence-corrected chi connectivity index (χ1v) is 3.98. The summed E-state index contributed by atoms with van der Waals surface area (Å²) in [7, 11) is 0. The Labute approximate surface area is 83.1 Å². The lowest BCUT2D eigenvalue weighted by Crippen LogP contribution is -2.13. The summed E-state index contributed by atoms with van der Waals surface area (Å²) >= 11 is 0. The molecule has 1 aromatic rings. The number of ether oxygens (including phenoxy) is 1. The van der Waals surface area contributed by atoms with E-state index in [1.54, 1.807) is 0 Å². The van der Waals surface area contributed by atoms with Gasteiger partial charge in [-0.1, -0.05) is 0 Å². The fraction of sp³-hybridized carbons (Fsp3) is 0.375. The molecule has 0 atom stereocenters. The van der Waals surface area contributed by atoms with Crippen molar-refractivity contribution in [1.82, 2.24) is 9.97 Å². The first-order valence-electron chi connectivity index (χ1n) is 3.98. The molecule has 1 heterocycles. The van der Waals surface area contributed by atoms with Crippen LogP contribution in [0.15, 0.2) is 12.4 Å². The molecule has 0 bridgehead atoms. The third kappa shape index (κ3) is 4.39. The molecule has 7 heteroatoms. The zero-order valence-corrected chi connectivity index (χ0v) is 7.49. The van der Waals surface area contributed by atoms with E-state index < -0.39 is 19.2 Å². The minimum atomic E-state index is -4.26. The molecule has 0 fully saturated rings. The summed E-state index contributed by atoms with van der Waals surface area (Å²) in [6.07, 6.45) is -2.46. The zero-order valence-electron chi connectivity index (χ0n) is 7.49. The number of hydrogen-bond acceptors (Lipinski definition) is 4. The van der Waals surface area contributed by atoms with Crippen LogP contribution in [0.3, 0.4) is 0 Å². The van der Waals surface area contributed by atoms with Gasteiger partial charge in [0.25, 0.3) is 0 Å². The van der Waals surface area contributed by atoms with Gasteiger partial charge in [0.2, 0.25) is 0 Å². The van der Waals surface area contributed by atoms with Crippen molar-refractivity contribution in [3.8, 4) is 6.01 Å². The van der Waals surface area contributed by atoms with Crippen molar-refractivity contribution in [2.75, 3.05) is 6.61 Å². The molecular weight excluding hydrogens is 213 g/mol. The summed E-state index contributed by atoms with van der Waals surface area (Å²) in [5.41, 5.74) is 0.234. The lowest BCUT2D eigenvalue weighted by molar-refractivity contribution is -0.139. The predicted octanol–water partition coefficient (Wildman–Crippen LogP) is 1.62. The van der Waals surface area contributed by atoms with Crippen molar-refractivity contribution in [3.63, 3.8) is 0 Å². The highest BCUT2D eigenvalue weighted by molar-refractivity contribution is 5.73. The Balaban J connectivity index is 2.41. The molecule has 0 spiro atoms. The highest BCUT2D eigenvalue weighted by Gasteiger charge is 2.26. The maximum atomic E-state index is 11.7. The van der Waals surface area contributed by atoms with Crippen LogP contribution in [0.5, 0.6) is 6.01 Å². The summed E-state index contributed by atoms with van der Waals surface area (Å²) in [5.74, 6) is 0. The second kappa shape index (κ2) is 4.72. The second-order valence-electron chi connectivity index (χ2n) is 2.63. The molecular formula is C8H7F3N2O2. The van der Waals surface area contributed by atoms with E-state index in [1.807, 2.05) is 0 Å². The molecule has 0 aliphatic rings. The fourth-order valence-corrected chi connectivity index (χ4v) is 0.720. The van der Waals surface area contributed by atoms with Gasteiger partial charge in [0.05, 0.1) is 12.0 Å². The van der Waals surface area contributed by atoms with E-state index in [0.29, 0.717) is 6.29 Å². The normalized spacial score (nSPS) is 11.1. The Morgan fingerprint density at radius 3 is 2.40 bits per heavy atom. The minimum Gasteiger partial charge on any atom is -0.463 e. The van der Waals surface area contributed by atoms with Crippen molar-refractivity contribution in [2.45, 2.75) is 12.6 Å². The van der Waals surface area contributed by atoms with Crippen LogP contribution in [0, 0.1) is 0 Å². The Hall–Kier alpha value is -1.66. The van der Waals surface area contributed by atoms with E-state index in [2.05, 4.69) is 14.7 Å². The van der Waals surface area contributed by atoms with Crippen LogP contribution in [-0.2, 0) is 0 Å². The minimum absolute atomic E-state index is 0.176. The largest absolute Gasteiger partial charge is 0.463 e. The molecule has 1 aromatic heterocycles. The lowest BCUT2D eigenvalue weighted by Gasteiger charge is -2.06. The van der Waals surface area contributed by atoms with Gasteiger partial charge in [0.1, 0.15) is 6.61 Å². The smallest absolute Gasteiger partial charge is 0.392 e. The van der Waals surface area contributed by atoms with Gasteiger partial charge in [-0.15, -0.1) is 0 Å². The maximum absolute atomic E-state index is 11.7. The van der Waals surface area contributed by atoms with Crippen LogP contribution < -0.4 is 4.74 Å². The Kier molecular flexibility index (Phi) is 3.59. The quantitative estimate of drug-likeness (QED) is 0.723. The van der Waals surface area contributed by atoms with Crippen LogP contribution in [0.25, 0.3) is 0 Å². The number of hydrogen-bond donors (Lipinski definition) is 0. The van der Waals surface area contributed by atoms with E-state index in [1.165, 1.54) is 12.4 Å². The molecule has 0 amide bonds. The fourth-order valence-electron chi connectivity index (χ4n) is 0.720. The van der Waals surface area contributed by atoms with Gasteiger partial charge in [-0.25, -0.2) is 9.97 Å². The van der Waals surface area contributed by atoms with E-state index in [-0.39, 0.29) is 11.6 Å². The van der Waals surface area contributed by atoms with Gasteiger partial charge in [-0.3, -0.25) is 4.79 Å². The van der Waals surface area contributed by atoms with E-state index >= 15 is 0 Å². The molecule has 0 aliphatic heterocycles. The third-order valence-electron chi connectivity index (χ3n) is 1.40. The summed E-state index contributed by atoms with van der Waals surface area (Å²) in [6.45, 7) is -0.538. The van der Waals surface area contributed by atoms with Crippen LogP contribution in [0.1, 0.15) is 16.8 Å². The molecule has 0 unspecified atom stereocenters. The molecule has 0 aliphatic carbocycles. The molecule has 0 N–H and O–H groups in total. The Morgan fingerprint density at radius 2 is 1.93 bits per heavy atom. The Morgan fingerprint density at radius 1 is 1.33 bits per heavy atom. The molecule has 0 radical (unpaired) electrons. The topological polar surface area (TPSA) is 52.1 Å². The monoisotopic (exact) mass is 220 g/mol. The summed E-state index contributed by atoms with van der Waals surface area (Å²) in [4.78, 5) is 17.3. The molecule has 0 aromatic carbocycles. The van der Waals surface area contributed by atoms with Gasteiger partial charge < -0.3 is 4.74 Å². The standard InChI is InChI=1S/C8H7F3N2O2/c9-8(10,11)1-2-15-7-12-3-6(5-14)4-13-7/h3-5H,1-2H2. The van der Waals surface area contributed by atoms with Gasteiger partial charge in [-0.05, 0) is 0 Å². The number of alkyl halides is 3. The number of carbonyl (C=O) groups excluding carboxylic acids is 1. The highest BCUT2D eigenvalue weighted by Crippen LogP contribution is 2.19. The average molecular weight is 220 g/mol. The summed E-state index contributed by atoms with van der Waals surface area (Å²) < 4.78 is 39.8. The number of rotatable bonds is 4. The molecule has 82 valence electrons. The second-order valence-corrected chi connectivity index (χ2v) is 2.63. The van der Waals surface area contributed by atoms with Crippen molar-refractivity contribution < 1.29 is 22.7 Å². The SMILES string of the molecule is O=Cc1cnc(OCCC(F)(F)F)nc1. The molecule has 0 saturated heterocycles. The van der Waals surface area contributed by atoms with Crippen molar-refractivity contribution >= 4 is 6.29 Å². The van der Waals surface area contributed by atoms with Crippen LogP contribution in [0.2, 0.25) is 0 Å². The molecule has 0 saturated carbocycles. The average Bonchev–Trinajstić information content (AvgIpc) is 2.17. The van der Waals surface area contributed by atoms with Crippen molar-refractivity contribution in [3.05, 3.63) is 18.0 Å². The van der Waals surface area contributed by atoms with Crippen LogP contribution >= 0.6 is 0 Å². The number of carbonyl (C=O) groups is 1. The van der Waals surface area contributed by atoms with E-state index in [0.717, 1.165) is 0 Å². The number of aldehydes is 1.